The van der Waals surface area contributed by atoms with E-state index >= 15 is 0 Å². The van der Waals surface area contributed by atoms with E-state index in [0.717, 1.165) is 22.6 Å². The average molecular weight is 320 g/mol. The van der Waals surface area contributed by atoms with Crippen LogP contribution < -0.4 is 0 Å². The van der Waals surface area contributed by atoms with E-state index in [1.54, 1.807) is 0 Å². The van der Waals surface area contributed by atoms with Crippen LogP contribution in [0.3, 0.4) is 0 Å². The van der Waals surface area contributed by atoms with Crippen molar-refractivity contribution in [2.45, 2.75) is 25.0 Å². The summed E-state index contributed by atoms with van der Waals surface area (Å²) in [5.74, 6) is 0. The molecule has 1 saturated heterocycles. The van der Waals surface area contributed by atoms with Gasteiger partial charge in [-0.1, -0.05) is 44.0 Å². The Labute approximate surface area is 101 Å². The Hall–Kier alpha value is 0.140. The van der Waals surface area contributed by atoms with Gasteiger partial charge in [0.1, 0.15) is 0 Å². The van der Waals surface area contributed by atoms with E-state index in [0.29, 0.717) is 6.10 Å². The molecule has 1 nitrogen and oxygen atoms in total. The van der Waals surface area contributed by atoms with Crippen molar-refractivity contribution in [3.8, 4) is 0 Å². The first kappa shape index (κ1) is 10.7. The molecule has 0 radical (unpaired) electrons. The smallest absolute Gasteiger partial charge is 0.0830 e. The standard InChI is InChI=1S/C11H12Br2O/c12-7-10-4-5-11(14-10)8-2-1-3-9(13)6-8/h1-3,6,10-11H,4-5,7H2/t10-,11-/m1/s1. The fourth-order valence-electron chi connectivity index (χ4n) is 1.77. The molecular formula is C11H12Br2O. The van der Waals surface area contributed by atoms with Gasteiger partial charge in [-0.25, -0.2) is 0 Å². The van der Waals surface area contributed by atoms with Gasteiger partial charge in [-0.3, -0.25) is 0 Å². The van der Waals surface area contributed by atoms with Crippen molar-refractivity contribution in [1.29, 1.82) is 0 Å². The zero-order valence-electron chi connectivity index (χ0n) is 7.75. The molecule has 2 rings (SSSR count). The molecule has 14 heavy (non-hydrogen) atoms. The summed E-state index contributed by atoms with van der Waals surface area (Å²) in [4.78, 5) is 0. The molecule has 1 aromatic carbocycles. The van der Waals surface area contributed by atoms with Crippen LogP contribution in [-0.4, -0.2) is 11.4 Å². The number of halogens is 2. The molecule has 0 saturated carbocycles. The summed E-state index contributed by atoms with van der Waals surface area (Å²) in [6.45, 7) is 0. The Bertz CT molecular complexity index is 314. The molecular weight excluding hydrogens is 308 g/mol. The van der Waals surface area contributed by atoms with Gasteiger partial charge < -0.3 is 4.74 Å². The maximum absolute atomic E-state index is 5.88. The Morgan fingerprint density at radius 1 is 1.36 bits per heavy atom. The summed E-state index contributed by atoms with van der Waals surface area (Å²) >= 11 is 6.93. The monoisotopic (exact) mass is 318 g/mol. The van der Waals surface area contributed by atoms with E-state index in [1.165, 1.54) is 5.56 Å². The highest BCUT2D eigenvalue weighted by molar-refractivity contribution is 9.10. The van der Waals surface area contributed by atoms with E-state index < -0.39 is 0 Å². The number of hydrogen-bond acceptors (Lipinski definition) is 1. The molecule has 3 heteroatoms. The van der Waals surface area contributed by atoms with Crippen LogP contribution in [0, 0.1) is 0 Å². The van der Waals surface area contributed by atoms with Gasteiger partial charge in [-0.05, 0) is 30.5 Å². The molecule has 0 bridgehead atoms. The minimum absolute atomic E-state index is 0.287. The van der Waals surface area contributed by atoms with Crippen molar-refractivity contribution in [3.63, 3.8) is 0 Å². The maximum Gasteiger partial charge on any atom is 0.0830 e. The molecule has 76 valence electrons. The fourth-order valence-corrected chi connectivity index (χ4v) is 2.66. The third-order valence-corrected chi connectivity index (χ3v) is 3.72. The first-order chi connectivity index (χ1) is 6.79. The van der Waals surface area contributed by atoms with Gasteiger partial charge >= 0.3 is 0 Å². The van der Waals surface area contributed by atoms with Gasteiger partial charge in [0.2, 0.25) is 0 Å². The molecule has 1 heterocycles. The lowest BCUT2D eigenvalue weighted by atomic mass is 10.1. The molecule has 0 aromatic heterocycles. The quantitative estimate of drug-likeness (QED) is 0.747. The van der Waals surface area contributed by atoms with Gasteiger partial charge in [0, 0.05) is 9.80 Å². The molecule has 0 unspecified atom stereocenters. The van der Waals surface area contributed by atoms with Crippen LogP contribution >= 0.6 is 31.9 Å². The van der Waals surface area contributed by atoms with Crippen molar-refractivity contribution in [2.75, 3.05) is 5.33 Å². The third-order valence-electron chi connectivity index (χ3n) is 2.50. The molecule has 0 spiro atoms. The van der Waals surface area contributed by atoms with E-state index in [9.17, 15) is 0 Å². The van der Waals surface area contributed by atoms with Gasteiger partial charge in [0.25, 0.3) is 0 Å². The van der Waals surface area contributed by atoms with Crippen LogP contribution in [0.25, 0.3) is 0 Å². The lowest BCUT2D eigenvalue weighted by Gasteiger charge is -2.12. The first-order valence-electron chi connectivity index (χ1n) is 4.76. The van der Waals surface area contributed by atoms with Crippen LogP contribution in [0.1, 0.15) is 24.5 Å². The van der Waals surface area contributed by atoms with Gasteiger partial charge in [0.05, 0.1) is 12.2 Å². The summed E-state index contributed by atoms with van der Waals surface area (Å²) in [6, 6.07) is 8.37. The lowest BCUT2D eigenvalue weighted by molar-refractivity contribution is 0.0588. The Kier molecular flexibility index (Phi) is 3.63. The van der Waals surface area contributed by atoms with E-state index in [2.05, 4.69) is 50.1 Å². The molecule has 0 aliphatic carbocycles. The van der Waals surface area contributed by atoms with Crippen LogP contribution in [0.2, 0.25) is 0 Å². The molecule has 1 aliphatic heterocycles. The zero-order chi connectivity index (χ0) is 9.97. The van der Waals surface area contributed by atoms with E-state index in [4.69, 9.17) is 4.74 Å². The number of benzene rings is 1. The average Bonchev–Trinajstić information content (AvgIpc) is 2.66. The Morgan fingerprint density at radius 2 is 2.21 bits per heavy atom. The Morgan fingerprint density at radius 3 is 2.86 bits per heavy atom. The third kappa shape index (κ3) is 2.38. The number of ether oxygens (including phenoxy) is 1. The summed E-state index contributed by atoms with van der Waals surface area (Å²) in [6.07, 6.45) is 2.96. The van der Waals surface area contributed by atoms with E-state index in [1.807, 2.05) is 6.07 Å². The zero-order valence-corrected chi connectivity index (χ0v) is 10.9. The predicted molar refractivity (Wildman–Crippen MR) is 64.8 cm³/mol. The summed E-state index contributed by atoms with van der Waals surface area (Å²) < 4.78 is 7.01. The molecule has 1 fully saturated rings. The van der Waals surface area contributed by atoms with Crippen molar-refractivity contribution >= 4 is 31.9 Å². The highest BCUT2D eigenvalue weighted by atomic mass is 79.9. The van der Waals surface area contributed by atoms with Crippen LogP contribution in [0.15, 0.2) is 28.7 Å². The molecule has 0 N–H and O–H groups in total. The van der Waals surface area contributed by atoms with Crippen molar-refractivity contribution in [1.82, 2.24) is 0 Å². The highest BCUT2D eigenvalue weighted by Gasteiger charge is 2.25. The van der Waals surface area contributed by atoms with Crippen LogP contribution in [0.5, 0.6) is 0 Å². The SMILES string of the molecule is BrC[C@H]1CC[C@H](c2cccc(Br)c2)O1. The summed E-state index contributed by atoms with van der Waals surface area (Å²) in [5, 5.41) is 0.942. The highest BCUT2D eigenvalue weighted by Crippen LogP contribution is 2.34. The predicted octanol–water partition coefficient (Wildman–Crippen LogP) is 4.06. The van der Waals surface area contributed by atoms with Gasteiger partial charge in [0.15, 0.2) is 0 Å². The van der Waals surface area contributed by atoms with Gasteiger partial charge in [-0.15, -0.1) is 0 Å². The topological polar surface area (TPSA) is 9.23 Å². The molecule has 0 amide bonds. The van der Waals surface area contributed by atoms with Crippen molar-refractivity contribution in [3.05, 3.63) is 34.3 Å². The van der Waals surface area contributed by atoms with Crippen molar-refractivity contribution in [2.24, 2.45) is 0 Å². The second kappa shape index (κ2) is 4.77. The largest absolute Gasteiger partial charge is 0.369 e. The normalized spacial score (nSPS) is 26.7. The fraction of sp³-hybridized carbons (Fsp3) is 0.455. The molecule has 1 aliphatic rings. The Balaban J connectivity index is 2.09. The lowest BCUT2D eigenvalue weighted by Crippen LogP contribution is -2.07. The number of rotatable bonds is 2. The molecule has 1 aromatic rings. The van der Waals surface area contributed by atoms with Crippen LogP contribution in [-0.2, 0) is 4.74 Å². The maximum atomic E-state index is 5.88. The van der Waals surface area contributed by atoms with E-state index in [-0.39, 0.29) is 6.10 Å². The molecule has 2 atom stereocenters. The minimum atomic E-state index is 0.287. The van der Waals surface area contributed by atoms with Gasteiger partial charge in [-0.2, -0.15) is 0 Å². The minimum Gasteiger partial charge on any atom is -0.369 e. The summed E-state index contributed by atoms with van der Waals surface area (Å²) in [5.41, 5.74) is 1.28. The number of hydrogen-bond donors (Lipinski definition) is 0. The second-order valence-electron chi connectivity index (χ2n) is 3.53. The first-order valence-corrected chi connectivity index (χ1v) is 6.68. The second-order valence-corrected chi connectivity index (χ2v) is 5.10. The number of alkyl halides is 1. The van der Waals surface area contributed by atoms with Crippen LogP contribution in [0.4, 0.5) is 0 Å². The summed E-state index contributed by atoms with van der Waals surface area (Å²) in [7, 11) is 0. The van der Waals surface area contributed by atoms with Crippen molar-refractivity contribution < 1.29 is 4.74 Å².